The van der Waals surface area contributed by atoms with E-state index in [1.807, 2.05) is 61.5 Å². The van der Waals surface area contributed by atoms with Crippen LogP contribution in [-0.4, -0.2) is 81.5 Å². The molecule has 2 fully saturated rings. The minimum atomic E-state index is -0.839. The maximum absolute atomic E-state index is 14.6. The maximum Gasteiger partial charge on any atom is 0.251 e. The zero-order valence-corrected chi connectivity index (χ0v) is 23.3. The summed E-state index contributed by atoms with van der Waals surface area (Å²) in [4.78, 5) is 47.9. The molecule has 2 aromatic rings. The molecule has 0 bridgehead atoms. The second-order valence-electron chi connectivity index (χ2n) is 11.3. The molecule has 2 aromatic carbocycles. The molecule has 39 heavy (non-hydrogen) atoms. The predicted molar refractivity (Wildman–Crippen MR) is 154 cm³/mol. The fourth-order valence-corrected chi connectivity index (χ4v) is 9.19. The molecule has 6 rings (SSSR count). The first-order chi connectivity index (χ1) is 18.8. The normalized spacial score (nSPS) is 31.9. The zero-order valence-electron chi connectivity index (χ0n) is 22.5. The molecule has 0 aromatic heterocycles. The molecule has 0 radical (unpaired) electrons. The lowest BCUT2D eigenvalue weighted by Crippen LogP contribution is -2.53. The number of aliphatic hydroxyl groups is 1. The summed E-state index contributed by atoms with van der Waals surface area (Å²) in [5.41, 5.74) is 0.802. The molecule has 4 aliphatic heterocycles. The molecular weight excluding hydrogens is 510 g/mol. The first-order valence-corrected chi connectivity index (χ1v) is 14.6. The lowest BCUT2D eigenvalue weighted by Gasteiger charge is -2.37. The summed E-state index contributed by atoms with van der Waals surface area (Å²) in [5.74, 6) is -1.42. The van der Waals surface area contributed by atoms with Gasteiger partial charge < -0.3 is 19.8 Å². The highest BCUT2D eigenvalue weighted by Crippen LogP contribution is 2.65. The molecule has 1 unspecified atom stereocenters. The Labute approximate surface area is 233 Å². The first-order valence-electron chi connectivity index (χ1n) is 13.8. The molecule has 0 aliphatic carbocycles. The second kappa shape index (κ2) is 9.82. The number of benzene rings is 2. The first kappa shape index (κ1) is 26.1. The molecule has 7 nitrogen and oxygen atoms in total. The predicted octanol–water partition coefficient (Wildman–Crippen LogP) is 3.62. The molecule has 204 valence electrons. The maximum atomic E-state index is 14.6. The Morgan fingerprint density at radius 1 is 0.897 bits per heavy atom. The molecule has 4 aliphatic rings. The fourth-order valence-electron chi connectivity index (χ4n) is 7.03. The monoisotopic (exact) mass is 545 g/mol. The van der Waals surface area contributed by atoms with E-state index in [1.165, 1.54) is 0 Å². The summed E-state index contributed by atoms with van der Waals surface area (Å²) < 4.78 is -1.43. The molecule has 4 heterocycles. The third-order valence-electron chi connectivity index (χ3n) is 8.86. The van der Waals surface area contributed by atoms with Gasteiger partial charge in [-0.3, -0.25) is 14.4 Å². The van der Waals surface area contributed by atoms with Gasteiger partial charge in [-0.2, -0.15) is 0 Å². The Bertz CT molecular complexity index is 1390. The Morgan fingerprint density at radius 2 is 1.67 bits per heavy atom. The summed E-state index contributed by atoms with van der Waals surface area (Å²) in [6.45, 7) is 3.49. The van der Waals surface area contributed by atoms with E-state index in [0.29, 0.717) is 32.5 Å². The van der Waals surface area contributed by atoms with Crippen molar-refractivity contribution in [3.63, 3.8) is 0 Å². The van der Waals surface area contributed by atoms with Crippen LogP contribution >= 0.6 is 11.8 Å². The highest BCUT2D eigenvalue weighted by atomic mass is 32.2. The summed E-state index contributed by atoms with van der Waals surface area (Å²) in [6.07, 6.45) is 10.3. The van der Waals surface area contributed by atoms with Crippen molar-refractivity contribution in [3.8, 4) is 0 Å². The van der Waals surface area contributed by atoms with Crippen molar-refractivity contribution in [2.24, 2.45) is 11.8 Å². The standard InChI is InChI=1S/C31H35N3O4S/c1-30-14-8-16-32(2)27(36)24(30)25-28(37)34(17-6-3-7-19-35)26-29(38)33(18-9-15-31(25,26)39-30)23-13-12-21-10-4-5-11-22(21)20-23/h4-5,8-15,20,24-26,35H,3,6-7,16-19H2,1-2H3/t24-,25+,26?,30+,31+/m1/s1. The van der Waals surface area contributed by atoms with E-state index >= 15 is 0 Å². The van der Waals surface area contributed by atoms with Crippen molar-refractivity contribution in [2.75, 3.05) is 38.2 Å². The van der Waals surface area contributed by atoms with Crippen LogP contribution in [0.25, 0.3) is 10.8 Å². The van der Waals surface area contributed by atoms with Crippen LogP contribution in [0.2, 0.25) is 0 Å². The van der Waals surface area contributed by atoms with E-state index < -0.39 is 27.4 Å². The van der Waals surface area contributed by atoms with Gasteiger partial charge in [0.15, 0.2) is 0 Å². The van der Waals surface area contributed by atoms with E-state index in [1.54, 1.807) is 33.5 Å². The summed E-state index contributed by atoms with van der Waals surface area (Å²) in [5, 5.41) is 11.4. The topological polar surface area (TPSA) is 81.2 Å². The highest BCUT2D eigenvalue weighted by Gasteiger charge is 2.73. The Morgan fingerprint density at radius 3 is 2.46 bits per heavy atom. The average molecular weight is 546 g/mol. The number of hydrogen-bond donors (Lipinski definition) is 1. The SMILES string of the molecule is CN1CC=C[C@]2(C)S[C@]34C=CCN(c5ccc6ccccc6c5)C(=O)C3N(CCCCCO)C(=O)[C@@H]4[C@@H]2C1=O. The number of aliphatic hydroxyl groups excluding tert-OH is 1. The van der Waals surface area contributed by atoms with Crippen LogP contribution in [0.1, 0.15) is 26.2 Å². The van der Waals surface area contributed by atoms with Gasteiger partial charge in [0.05, 0.1) is 16.6 Å². The molecular formula is C31H35N3O4S. The van der Waals surface area contributed by atoms with Crippen LogP contribution in [0, 0.1) is 11.8 Å². The number of unbranched alkanes of at least 4 members (excludes halogenated alkanes) is 2. The van der Waals surface area contributed by atoms with Crippen molar-refractivity contribution in [1.82, 2.24) is 9.80 Å². The molecule has 2 saturated heterocycles. The van der Waals surface area contributed by atoms with E-state index in [9.17, 15) is 19.5 Å². The number of carbonyl (C=O) groups is 3. The number of likely N-dealkylation sites (N-methyl/N-ethyl adjacent to an activating group) is 1. The number of rotatable bonds is 6. The van der Waals surface area contributed by atoms with E-state index in [-0.39, 0.29) is 24.3 Å². The third kappa shape index (κ3) is 4.02. The number of thioether (sulfide) groups is 1. The van der Waals surface area contributed by atoms with Gasteiger partial charge >= 0.3 is 0 Å². The van der Waals surface area contributed by atoms with Gasteiger partial charge in [-0.25, -0.2) is 0 Å². The summed E-state index contributed by atoms with van der Waals surface area (Å²) >= 11 is 1.61. The van der Waals surface area contributed by atoms with Crippen LogP contribution in [0.3, 0.4) is 0 Å². The van der Waals surface area contributed by atoms with Crippen LogP contribution in [-0.2, 0) is 14.4 Å². The molecule has 3 amide bonds. The smallest absolute Gasteiger partial charge is 0.251 e. The van der Waals surface area contributed by atoms with Gasteiger partial charge in [0.25, 0.3) is 5.91 Å². The Balaban J connectivity index is 1.44. The number of hydrogen-bond acceptors (Lipinski definition) is 5. The van der Waals surface area contributed by atoms with Gasteiger partial charge in [0.2, 0.25) is 11.8 Å². The number of likely N-dealkylation sites (tertiary alicyclic amines) is 1. The summed E-state index contributed by atoms with van der Waals surface area (Å²) in [6, 6.07) is 13.4. The largest absolute Gasteiger partial charge is 0.396 e. The molecule has 1 spiro atoms. The number of fused-ring (bicyclic) bond motifs is 3. The van der Waals surface area contributed by atoms with Crippen LogP contribution < -0.4 is 4.90 Å². The second-order valence-corrected chi connectivity index (χ2v) is 13.1. The summed E-state index contributed by atoms with van der Waals surface area (Å²) in [7, 11) is 1.78. The van der Waals surface area contributed by atoms with Gasteiger partial charge in [-0.05, 0) is 49.1 Å². The minimum Gasteiger partial charge on any atom is -0.396 e. The van der Waals surface area contributed by atoms with Crippen molar-refractivity contribution < 1.29 is 19.5 Å². The molecule has 0 saturated carbocycles. The van der Waals surface area contributed by atoms with Crippen molar-refractivity contribution >= 4 is 45.9 Å². The van der Waals surface area contributed by atoms with Crippen LogP contribution in [0.5, 0.6) is 0 Å². The van der Waals surface area contributed by atoms with E-state index in [4.69, 9.17) is 0 Å². The molecule has 5 atom stereocenters. The van der Waals surface area contributed by atoms with Gasteiger partial charge in [0.1, 0.15) is 6.04 Å². The highest BCUT2D eigenvalue weighted by molar-refractivity contribution is 8.02. The Kier molecular flexibility index (Phi) is 6.58. The van der Waals surface area contributed by atoms with E-state index in [0.717, 1.165) is 22.9 Å². The lowest BCUT2D eigenvalue weighted by molar-refractivity contribution is -0.143. The zero-order chi connectivity index (χ0) is 27.4. The quantitative estimate of drug-likeness (QED) is 0.443. The van der Waals surface area contributed by atoms with Gasteiger partial charge in [-0.15, -0.1) is 11.8 Å². The number of anilines is 1. The van der Waals surface area contributed by atoms with Gasteiger partial charge in [-0.1, -0.05) is 54.6 Å². The third-order valence-corrected chi connectivity index (χ3v) is 10.7. The number of amides is 3. The molecule has 8 heteroatoms. The average Bonchev–Trinajstić information content (AvgIpc) is 3.20. The Hall–Kier alpha value is -3.10. The van der Waals surface area contributed by atoms with Crippen molar-refractivity contribution in [1.29, 1.82) is 0 Å². The van der Waals surface area contributed by atoms with Crippen molar-refractivity contribution in [3.05, 3.63) is 66.8 Å². The van der Waals surface area contributed by atoms with Crippen LogP contribution in [0.15, 0.2) is 66.8 Å². The molecule has 1 N–H and O–H groups in total. The number of nitrogens with zero attached hydrogens (tertiary/aromatic N) is 3. The number of carbonyl (C=O) groups excluding carboxylic acids is 3. The van der Waals surface area contributed by atoms with Crippen molar-refractivity contribution in [2.45, 2.75) is 41.7 Å². The lowest BCUT2D eigenvalue weighted by atomic mass is 9.74. The fraction of sp³-hybridized carbons (Fsp3) is 0.452. The van der Waals surface area contributed by atoms with Crippen LogP contribution in [0.4, 0.5) is 5.69 Å². The van der Waals surface area contributed by atoms with Gasteiger partial charge in [0, 0.05) is 43.7 Å². The minimum absolute atomic E-state index is 0.0393. The van der Waals surface area contributed by atoms with E-state index in [2.05, 4.69) is 12.2 Å².